The summed E-state index contributed by atoms with van der Waals surface area (Å²) in [6, 6.07) is 4.21. The van der Waals surface area contributed by atoms with Crippen LogP contribution in [0, 0.1) is 5.92 Å². The van der Waals surface area contributed by atoms with Crippen molar-refractivity contribution >= 4 is 46.4 Å². The van der Waals surface area contributed by atoms with Crippen LogP contribution in [0.5, 0.6) is 0 Å². The summed E-state index contributed by atoms with van der Waals surface area (Å²) < 4.78 is 5.56. The molecular formula is C13H14ClN3O3S. The number of oxazole rings is 1. The predicted octanol–water partition coefficient (Wildman–Crippen LogP) is 2.79. The molecule has 0 aliphatic heterocycles. The molecule has 0 fully saturated rings. The molecule has 3 amide bonds. The molecule has 0 saturated carbocycles. The van der Waals surface area contributed by atoms with E-state index in [4.69, 9.17) is 21.8 Å². The number of nitrogens with zero attached hydrogens (tertiary/aromatic N) is 1. The highest BCUT2D eigenvalue weighted by Crippen LogP contribution is 2.31. The molecular weight excluding hydrogens is 314 g/mol. The fraction of sp³-hybridized carbons (Fsp3) is 0.308. The van der Waals surface area contributed by atoms with E-state index in [0.717, 1.165) is 11.8 Å². The second-order valence-electron chi connectivity index (χ2n) is 4.73. The van der Waals surface area contributed by atoms with E-state index in [2.05, 4.69) is 10.3 Å². The molecule has 0 bridgehead atoms. The number of carbonyl (C=O) groups excluding carboxylic acids is 2. The maximum Gasteiger partial charge on any atom is 0.318 e. The van der Waals surface area contributed by atoms with Gasteiger partial charge in [0, 0.05) is 5.02 Å². The molecule has 0 saturated heterocycles. The number of hydrogen-bond donors (Lipinski definition) is 2. The van der Waals surface area contributed by atoms with Gasteiger partial charge in [0.2, 0.25) is 5.91 Å². The highest BCUT2D eigenvalue weighted by Gasteiger charge is 2.26. The van der Waals surface area contributed by atoms with Crippen molar-refractivity contribution in [3.8, 4) is 0 Å². The van der Waals surface area contributed by atoms with Gasteiger partial charge < -0.3 is 10.2 Å². The van der Waals surface area contributed by atoms with E-state index in [1.165, 1.54) is 0 Å². The number of primary amides is 1. The number of benzene rings is 1. The number of amides is 3. The minimum absolute atomic E-state index is 0.0343. The number of nitrogens with two attached hydrogens (primary N) is 1. The van der Waals surface area contributed by atoms with Gasteiger partial charge in [-0.05, 0) is 24.1 Å². The van der Waals surface area contributed by atoms with Crippen molar-refractivity contribution < 1.29 is 14.0 Å². The number of fused-ring (bicyclic) bond motifs is 1. The molecule has 0 spiro atoms. The number of carbonyl (C=O) groups is 2. The lowest BCUT2D eigenvalue weighted by atomic mass is 10.1. The largest absolute Gasteiger partial charge is 0.431 e. The number of rotatable bonds is 4. The number of halogens is 1. The Morgan fingerprint density at radius 1 is 1.43 bits per heavy atom. The van der Waals surface area contributed by atoms with Gasteiger partial charge in [0.05, 0.1) is 5.25 Å². The molecule has 1 aromatic heterocycles. The Hall–Kier alpha value is -1.73. The van der Waals surface area contributed by atoms with E-state index in [1.807, 2.05) is 13.8 Å². The molecule has 0 aliphatic rings. The topological polar surface area (TPSA) is 98.2 Å². The van der Waals surface area contributed by atoms with Gasteiger partial charge in [-0.2, -0.15) is 0 Å². The molecule has 6 nitrogen and oxygen atoms in total. The van der Waals surface area contributed by atoms with Gasteiger partial charge in [0.1, 0.15) is 5.52 Å². The summed E-state index contributed by atoms with van der Waals surface area (Å²) in [5.74, 6) is -0.504. The lowest BCUT2D eigenvalue weighted by Gasteiger charge is -2.16. The Bertz CT molecular complexity index is 686. The van der Waals surface area contributed by atoms with Gasteiger partial charge >= 0.3 is 6.03 Å². The average Bonchev–Trinajstić information content (AvgIpc) is 2.76. The normalized spacial score (nSPS) is 12.6. The molecule has 21 heavy (non-hydrogen) atoms. The Morgan fingerprint density at radius 3 is 2.76 bits per heavy atom. The molecule has 2 rings (SSSR count). The molecule has 3 N–H and O–H groups in total. The Labute approximate surface area is 130 Å². The second-order valence-corrected chi connectivity index (χ2v) is 6.26. The summed E-state index contributed by atoms with van der Waals surface area (Å²) in [5.41, 5.74) is 6.17. The van der Waals surface area contributed by atoms with Gasteiger partial charge in [-0.15, -0.1) is 0 Å². The molecule has 1 atom stereocenters. The molecule has 2 aromatic rings. The van der Waals surface area contributed by atoms with Crippen LogP contribution in [0.3, 0.4) is 0 Å². The van der Waals surface area contributed by atoms with Crippen molar-refractivity contribution in [2.24, 2.45) is 11.7 Å². The lowest BCUT2D eigenvalue weighted by molar-refractivity contribution is -0.120. The maximum atomic E-state index is 11.9. The third kappa shape index (κ3) is 3.89. The number of hydrogen-bond acceptors (Lipinski definition) is 5. The molecule has 0 aliphatic carbocycles. The van der Waals surface area contributed by atoms with Crippen LogP contribution >= 0.6 is 23.4 Å². The van der Waals surface area contributed by atoms with E-state index in [-0.39, 0.29) is 5.92 Å². The SMILES string of the molecule is CC(C)C(Sc1nc2cc(Cl)ccc2o1)C(=O)NC(N)=O. The standard InChI is InChI=1S/C13H14ClN3O3S/c1-6(2)10(11(18)17-12(15)19)21-13-16-8-5-7(14)3-4-9(8)20-13/h3-6,10H,1-2H3,(H3,15,17,18,19). The Kier molecular flexibility index (Phi) is 4.74. The number of imide groups is 1. The first-order chi connectivity index (χ1) is 9.86. The van der Waals surface area contributed by atoms with Crippen molar-refractivity contribution in [2.45, 2.75) is 24.3 Å². The summed E-state index contributed by atoms with van der Waals surface area (Å²) in [5, 5.41) is 2.43. The molecule has 1 aromatic carbocycles. The first-order valence-electron chi connectivity index (χ1n) is 6.20. The van der Waals surface area contributed by atoms with Crippen LogP contribution in [0.15, 0.2) is 27.8 Å². The highest BCUT2D eigenvalue weighted by molar-refractivity contribution is 8.00. The van der Waals surface area contributed by atoms with E-state index in [0.29, 0.717) is 21.3 Å². The quantitative estimate of drug-likeness (QED) is 0.841. The summed E-state index contributed by atoms with van der Waals surface area (Å²) in [7, 11) is 0. The Balaban J connectivity index is 2.22. The average molecular weight is 328 g/mol. The summed E-state index contributed by atoms with van der Waals surface area (Å²) in [6.45, 7) is 3.72. The zero-order valence-electron chi connectivity index (χ0n) is 11.4. The van der Waals surface area contributed by atoms with E-state index in [1.54, 1.807) is 18.2 Å². The summed E-state index contributed by atoms with van der Waals surface area (Å²) >= 11 is 7.03. The van der Waals surface area contributed by atoms with Crippen LogP contribution in [-0.2, 0) is 4.79 Å². The van der Waals surface area contributed by atoms with Gasteiger partial charge in [0.25, 0.3) is 5.22 Å². The number of nitrogens with one attached hydrogen (secondary N) is 1. The monoisotopic (exact) mass is 327 g/mol. The van der Waals surface area contributed by atoms with Crippen LogP contribution in [-0.4, -0.2) is 22.2 Å². The zero-order valence-corrected chi connectivity index (χ0v) is 13.0. The third-order valence-corrected chi connectivity index (χ3v) is 4.29. The van der Waals surface area contributed by atoms with Crippen molar-refractivity contribution in [3.05, 3.63) is 23.2 Å². The van der Waals surface area contributed by atoms with Gasteiger partial charge in [-0.1, -0.05) is 37.2 Å². The summed E-state index contributed by atoms with van der Waals surface area (Å²) in [6.07, 6.45) is 0. The second kappa shape index (κ2) is 6.36. The number of thioether (sulfide) groups is 1. The highest BCUT2D eigenvalue weighted by atomic mass is 35.5. The fourth-order valence-corrected chi connectivity index (χ4v) is 2.83. The van der Waals surface area contributed by atoms with Crippen LogP contribution in [0.1, 0.15) is 13.8 Å². The van der Waals surface area contributed by atoms with Crippen LogP contribution in [0.2, 0.25) is 5.02 Å². The van der Waals surface area contributed by atoms with Crippen LogP contribution in [0.4, 0.5) is 4.79 Å². The van der Waals surface area contributed by atoms with Gasteiger partial charge in [0.15, 0.2) is 5.58 Å². The number of urea groups is 1. The molecule has 1 unspecified atom stereocenters. The van der Waals surface area contributed by atoms with E-state index >= 15 is 0 Å². The zero-order chi connectivity index (χ0) is 15.6. The van der Waals surface area contributed by atoms with E-state index in [9.17, 15) is 9.59 Å². The third-order valence-electron chi connectivity index (χ3n) is 2.67. The van der Waals surface area contributed by atoms with Crippen molar-refractivity contribution in [1.82, 2.24) is 10.3 Å². The van der Waals surface area contributed by atoms with E-state index < -0.39 is 17.2 Å². The van der Waals surface area contributed by atoms with Gasteiger partial charge in [-0.25, -0.2) is 9.78 Å². The molecule has 8 heteroatoms. The fourth-order valence-electron chi connectivity index (χ4n) is 1.72. The molecule has 0 radical (unpaired) electrons. The molecule has 1 heterocycles. The van der Waals surface area contributed by atoms with Crippen LogP contribution < -0.4 is 11.1 Å². The first-order valence-corrected chi connectivity index (χ1v) is 7.45. The minimum Gasteiger partial charge on any atom is -0.431 e. The smallest absolute Gasteiger partial charge is 0.318 e. The molecule has 112 valence electrons. The predicted molar refractivity (Wildman–Crippen MR) is 81.2 cm³/mol. The van der Waals surface area contributed by atoms with Crippen molar-refractivity contribution in [3.63, 3.8) is 0 Å². The number of aromatic nitrogens is 1. The van der Waals surface area contributed by atoms with Crippen molar-refractivity contribution in [1.29, 1.82) is 0 Å². The van der Waals surface area contributed by atoms with Crippen molar-refractivity contribution in [2.75, 3.05) is 0 Å². The Morgan fingerprint density at radius 2 is 2.14 bits per heavy atom. The minimum atomic E-state index is -0.879. The summed E-state index contributed by atoms with van der Waals surface area (Å²) in [4.78, 5) is 27.0. The lowest BCUT2D eigenvalue weighted by Crippen LogP contribution is -2.42. The maximum absolute atomic E-state index is 11.9. The first kappa shape index (κ1) is 15.7. The van der Waals surface area contributed by atoms with Gasteiger partial charge in [-0.3, -0.25) is 10.1 Å². The van der Waals surface area contributed by atoms with Crippen LogP contribution in [0.25, 0.3) is 11.1 Å².